The molecule has 1 fully saturated rings. The Bertz CT molecular complexity index is 878. The highest BCUT2D eigenvalue weighted by Gasteiger charge is 2.29. The highest BCUT2D eigenvalue weighted by atomic mass is 35.5. The van der Waals surface area contributed by atoms with E-state index in [0.29, 0.717) is 16.2 Å². The van der Waals surface area contributed by atoms with Gasteiger partial charge >= 0.3 is 0 Å². The van der Waals surface area contributed by atoms with Gasteiger partial charge in [0.15, 0.2) is 10.3 Å². The zero-order chi connectivity index (χ0) is 22.6. The van der Waals surface area contributed by atoms with Crippen LogP contribution in [0, 0.1) is 0 Å². The number of hydrogen-bond donors (Lipinski definition) is 1. The molecule has 172 valence electrons. The van der Waals surface area contributed by atoms with Crippen LogP contribution in [0.25, 0.3) is 0 Å². The lowest BCUT2D eigenvalue weighted by Crippen LogP contribution is -2.40. The van der Waals surface area contributed by atoms with E-state index < -0.39 is 0 Å². The Kier molecular flexibility index (Phi) is 10.7. The molecule has 1 N–H and O–H groups in total. The zero-order valence-electron chi connectivity index (χ0n) is 18.7. The molecule has 0 saturated carbocycles. The summed E-state index contributed by atoms with van der Waals surface area (Å²) in [5, 5.41) is 5.71. The van der Waals surface area contributed by atoms with E-state index in [1.54, 1.807) is 24.2 Å². The number of aryl methyl sites for hydroxylation is 1. The van der Waals surface area contributed by atoms with Crippen LogP contribution in [0.1, 0.15) is 57.6 Å². The van der Waals surface area contributed by atoms with Gasteiger partial charge in [0.2, 0.25) is 0 Å². The van der Waals surface area contributed by atoms with Crippen LogP contribution in [0.2, 0.25) is 5.02 Å². The standard InChI is InChI=1S/C24H32ClN5S2/c1-19-18-32-24(30(19)23(31)29-21-12-9-10-20(25)16-21)28-13-8-6-4-2-3-5-7-11-22-17-26-14-15-27-22/h9-10,12,14-17,19H,2-8,11,13,18H2,1H3,(H,29,31)/b28-24+. The Morgan fingerprint density at radius 3 is 2.72 bits per heavy atom. The Morgan fingerprint density at radius 2 is 1.97 bits per heavy atom. The SMILES string of the molecule is CC1CS/C(=N/CCCCCCCCCc2cnccn2)N1C(=S)Nc1cccc(Cl)c1. The van der Waals surface area contributed by atoms with E-state index in [2.05, 4.69) is 27.1 Å². The minimum atomic E-state index is 0.333. The van der Waals surface area contributed by atoms with Crippen LogP contribution >= 0.6 is 35.6 Å². The van der Waals surface area contributed by atoms with Crippen LogP contribution in [-0.2, 0) is 6.42 Å². The summed E-state index contributed by atoms with van der Waals surface area (Å²) in [7, 11) is 0. The molecular formula is C24H32ClN5S2. The average Bonchev–Trinajstić information content (AvgIpc) is 3.16. The van der Waals surface area contributed by atoms with Crippen molar-refractivity contribution >= 4 is 51.5 Å². The normalized spacial score (nSPS) is 17.1. The molecule has 1 saturated heterocycles. The molecule has 32 heavy (non-hydrogen) atoms. The summed E-state index contributed by atoms with van der Waals surface area (Å²) < 4.78 is 0. The number of anilines is 1. The van der Waals surface area contributed by atoms with E-state index in [0.717, 1.165) is 41.7 Å². The number of aromatic nitrogens is 2. The van der Waals surface area contributed by atoms with Crippen molar-refractivity contribution in [2.75, 3.05) is 17.6 Å². The lowest BCUT2D eigenvalue weighted by atomic mass is 10.1. The van der Waals surface area contributed by atoms with Crippen molar-refractivity contribution < 1.29 is 0 Å². The van der Waals surface area contributed by atoms with Crippen molar-refractivity contribution in [2.45, 2.75) is 64.3 Å². The summed E-state index contributed by atoms with van der Waals surface area (Å²) in [5.41, 5.74) is 2.00. The molecule has 1 aromatic heterocycles. The Morgan fingerprint density at radius 1 is 1.19 bits per heavy atom. The Hall–Kier alpha value is -1.70. The fourth-order valence-corrected chi connectivity index (χ4v) is 5.39. The van der Waals surface area contributed by atoms with Crippen molar-refractivity contribution in [3.05, 3.63) is 53.6 Å². The van der Waals surface area contributed by atoms with Crippen LogP contribution in [0.4, 0.5) is 5.69 Å². The molecule has 8 heteroatoms. The maximum Gasteiger partial charge on any atom is 0.179 e. The third-order valence-electron chi connectivity index (χ3n) is 5.35. The minimum Gasteiger partial charge on any atom is -0.332 e. The highest BCUT2D eigenvalue weighted by Crippen LogP contribution is 2.26. The van der Waals surface area contributed by atoms with E-state index in [-0.39, 0.29) is 0 Å². The molecule has 5 nitrogen and oxygen atoms in total. The molecule has 3 rings (SSSR count). The van der Waals surface area contributed by atoms with Gasteiger partial charge in [-0.15, -0.1) is 0 Å². The molecule has 0 bridgehead atoms. The molecule has 1 atom stereocenters. The van der Waals surface area contributed by atoms with Gasteiger partial charge in [0.25, 0.3) is 0 Å². The number of unbranched alkanes of at least 4 members (excludes halogenated alkanes) is 6. The predicted molar refractivity (Wildman–Crippen MR) is 142 cm³/mol. The third kappa shape index (κ3) is 8.34. The van der Waals surface area contributed by atoms with Crippen LogP contribution in [0.5, 0.6) is 0 Å². The number of nitrogens with zero attached hydrogens (tertiary/aromatic N) is 4. The number of hydrogen-bond acceptors (Lipinski definition) is 5. The molecule has 2 aromatic rings. The number of thioether (sulfide) groups is 1. The monoisotopic (exact) mass is 489 g/mol. The van der Waals surface area contributed by atoms with E-state index in [9.17, 15) is 0 Å². The summed E-state index contributed by atoms with van der Waals surface area (Å²) >= 11 is 13.5. The molecule has 0 aliphatic carbocycles. The Labute approximate surface area is 206 Å². The summed E-state index contributed by atoms with van der Waals surface area (Å²) in [4.78, 5) is 15.4. The lowest BCUT2D eigenvalue weighted by Gasteiger charge is -2.24. The van der Waals surface area contributed by atoms with Gasteiger partial charge in [-0.2, -0.15) is 0 Å². The first-order valence-corrected chi connectivity index (χ1v) is 13.2. The molecule has 1 unspecified atom stereocenters. The summed E-state index contributed by atoms with van der Waals surface area (Å²) in [6, 6.07) is 7.96. The summed E-state index contributed by atoms with van der Waals surface area (Å²) in [6.45, 7) is 3.05. The number of aliphatic imine (C=N–C) groups is 1. The first-order chi connectivity index (χ1) is 15.6. The second-order valence-electron chi connectivity index (χ2n) is 8.06. The fraction of sp³-hybridized carbons (Fsp3) is 0.500. The highest BCUT2D eigenvalue weighted by molar-refractivity contribution is 8.14. The second-order valence-corrected chi connectivity index (χ2v) is 9.87. The summed E-state index contributed by atoms with van der Waals surface area (Å²) in [6.07, 6.45) is 15.1. The van der Waals surface area contributed by atoms with E-state index >= 15 is 0 Å². The van der Waals surface area contributed by atoms with Gasteiger partial charge in [-0.25, -0.2) is 0 Å². The number of rotatable bonds is 11. The average molecular weight is 490 g/mol. The third-order valence-corrected chi connectivity index (χ3v) is 7.12. The number of thiocarbonyl (C=S) groups is 1. The number of amidine groups is 1. The van der Waals surface area contributed by atoms with Crippen molar-refractivity contribution in [2.24, 2.45) is 4.99 Å². The first kappa shape index (κ1) is 24.9. The van der Waals surface area contributed by atoms with Gasteiger partial charge < -0.3 is 5.32 Å². The van der Waals surface area contributed by atoms with E-state index in [4.69, 9.17) is 28.8 Å². The maximum absolute atomic E-state index is 6.09. The molecule has 0 amide bonds. The molecule has 0 radical (unpaired) electrons. The topological polar surface area (TPSA) is 53.4 Å². The maximum atomic E-state index is 6.09. The van der Waals surface area contributed by atoms with E-state index in [1.807, 2.05) is 30.5 Å². The van der Waals surface area contributed by atoms with Crippen LogP contribution in [0.15, 0.2) is 47.8 Å². The van der Waals surface area contributed by atoms with Crippen LogP contribution in [-0.4, -0.2) is 43.5 Å². The van der Waals surface area contributed by atoms with Crippen molar-refractivity contribution in [1.82, 2.24) is 14.9 Å². The van der Waals surface area contributed by atoms with Gasteiger partial charge in [0, 0.05) is 47.6 Å². The van der Waals surface area contributed by atoms with Gasteiger partial charge in [0.1, 0.15) is 0 Å². The van der Waals surface area contributed by atoms with Crippen LogP contribution in [0.3, 0.4) is 0 Å². The second kappa shape index (κ2) is 13.8. The predicted octanol–water partition coefficient (Wildman–Crippen LogP) is 6.59. The smallest absolute Gasteiger partial charge is 0.179 e. The largest absolute Gasteiger partial charge is 0.332 e. The molecule has 1 aliphatic rings. The van der Waals surface area contributed by atoms with Crippen molar-refractivity contribution in [3.63, 3.8) is 0 Å². The van der Waals surface area contributed by atoms with Crippen molar-refractivity contribution in [1.29, 1.82) is 0 Å². The molecule has 2 heterocycles. The molecule has 1 aliphatic heterocycles. The molecular weight excluding hydrogens is 458 g/mol. The summed E-state index contributed by atoms with van der Waals surface area (Å²) in [5.74, 6) is 1.00. The molecule has 1 aromatic carbocycles. The first-order valence-electron chi connectivity index (χ1n) is 11.4. The molecule has 0 spiro atoms. The zero-order valence-corrected chi connectivity index (χ0v) is 21.1. The quantitative estimate of drug-likeness (QED) is 0.283. The number of benzene rings is 1. The van der Waals surface area contributed by atoms with E-state index in [1.165, 1.54) is 38.5 Å². The Balaban J connectivity index is 1.30. The lowest BCUT2D eigenvalue weighted by molar-refractivity contribution is 0.531. The van der Waals surface area contributed by atoms with Crippen LogP contribution < -0.4 is 5.32 Å². The fourth-order valence-electron chi connectivity index (χ4n) is 3.62. The number of halogens is 1. The van der Waals surface area contributed by atoms with Gasteiger partial charge in [0.05, 0.1) is 5.69 Å². The van der Waals surface area contributed by atoms with Gasteiger partial charge in [-0.3, -0.25) is 19.9 Å². The minimum absolute atomic E-state index is 0.333. The van der Waals surface area contributed by atoms with Gasteiger partial charge in [-0.1, -0.05) is 61.5 Å². The number of nitrogens with one attached hydrogen (secondary N) is 1. The van der Waals surface area contributed by atoms with Crippen molar-refractivity contribution in [3.8, 4) is 0 Å². The van der Waals surface area contributed by atoms with Gasteiger partial charge in [-0.05, 0) is 56.6 Å².